The van der Waals surface area contributed by atoms with Crippen molar-refractivity contribution < 1.29 is 22.7 Å². The fraction of sp³-hybridized carbons (Fsp3) is 0.647. The molecule has 1 unspecified atom stereocenters. The molecule has 0 radical (unpaired) electrons. The molecule has 1 aliphatic rings. The lowest BCUT2D eigenvalue weighted by Crippen LogP contribution is -2.45. The highest BCUT2D eigenvalue weighted by atomic mass is 32.2. The molecule has 0 saturated carbocycles. The largest absolute Gasteiger partial charge is 0.451 e. The van der Waals surface area contributed by atoms with Crippen molar-refractivity contribution in [3.8, 4) is 0 Å². The minimum atomic E-state index is -3.22. The van der Waals surface area contributed by atoms with Crippen LogP contribution in [0.25, 0.3) is 0 Å². The van der Waals surface area contributed by atoms with Gasteiger partial charge in [-0.3, -0.25) is 4.79 Å². The highest BCUT2D eigenvalue weighted by Crippen LogP contribution is 2.20. The van der Waals surface area contributed by atoms with Gasteiger partial charge in [0.05, 0.1) is 6.26 Å². The van der Waals surface area contributed by atoms with E-state index in [2.05, 4.69) is 11.6 Å². The topological polar surface area (TPSA) is 92.8 Å². The number of likely N-dealkylation sites (tertiary alicyclic amines) is 1. The van der Waals surface area contributed by atoms with Gasteiger partial charge in [-0.05, 0) is 44.2 Å². The minimum Gasteiger partial charge on any atom is -0.451 e. The van der Waals surface area contributed by atoms with Crippen LogP contribution in [-0.2, 0) is 26.0 Å². The molecular formula is C17H26N2O5S2. The van der Waals surface area contributed by atoms with Gasteiger partial charge in [0.25, 0.3) is 5.91 Å². The Hall–Kier alpha value is -1.45. The van der Waals surface area contributed by atoms with E-state index in [9.17, 15) is 18.0 Å². The first-order valence-corrected chi connectivity index (χ1v) is 11.5. The number of thiophene rings is 1. The number of piperidine rings is 1. The summed E-state index contributed by atoms with van der Waals surface area (Å²) in [5, 5.41) is 0. The van der Waals surface area contributed by atoms with Gasteiger partial charge < -0.3 is 9.64 Å². The molecule has 1 aromatic heterocycles. The average Bonchev–Trinajstić information content (AvgIpc) is 3.07. The first-order chi connectivity index (χ1) is 12.3. The average molecular weight is 403 g/mol. The van der Waals surface area contributed by atoms with Crippen molar-refractivity contribution in [2.24, 2.45) is 0 Å². The Labute approximate surface area is 158 Å². The smallest absolute Gasteiger partial charge is 0.348 e. The molecule has 9 heteroatoms. The van der Waals surface area contributed by atoms with E-state index in [0.29, 0.717) is 11.3 Å². The molecule has 7 nitrogen and oxygen atoms in total. The van der Waals surface area contributed by atoms with Crippen molar-refractivity contribution in [2.75, 3.05) is 26.0 Å². The number of hydrogen-bond acceptors (Lipinski definition) is 6. The first-order valence-electron chi connectivity index (χ1n) is 8.80. The predicted octanol–water partition coefficient (Wildman–Crippen LogP) is 1.79. The van der Waals surface area contributed by atoms with Crippen molar-refractivity contribution in [3.63, 3.8) is 0 Å². The lowest BCUT2D eigenvalue weighted by Gasteiger charge is -2.35. The molecule has 1 N–H and O–H groups in total. The Kier molecular flexibility index (Phi) is 7.60. The molecule has 2 rings (SSSR count). The van der Waals surface area contributed by atoms with Crippen molar-refractivity contribution in [1.82, 2.24) is 9.62 Å². The van der Waals surface area contributed by atoms with Crippen LogP contribution in [0, 0.1) is 0 Å². The fourth-order valence-corrected chi connectivity index (χ4v) is 4.39. The van der Waals surface area contributed by atoms with Gasteiger partial charge in [0.15, 0.2) is 6.61 Å². The maximum absolute atomic E-state index is 12.3. The molecule has 146 valence electrons. The van der Waals surface area contributed by atoms with Gasteiger partial charge in [-0.1, -0.05) is 6.92 Å². The Morgan fingerprint density at radius 3 is 2.81 bits per heavy atom. The second-order valence-electron chi connectivity index (χ2n) is 6.40. The third-order valence-corrected chi connectivity index (χ3v) is 6.20. The van der Waals surface area contributed by atoms with Crippen molar-refractivity contribution in [1.29, 1.82) is 0 Å². The summed E-state index contributed by atoms with van der Waals surface area (Å²) in [5.41, 5.74) is 0. The minimum absolute atomic E-state index is 0.140. The van der Waals surface area contributed by atoms with Crippen LogP contribution in [0.15, 0.2) is 12.1 Å². The molecule has 1 atom stereocenters. The number of amides is 1. The number of sulfonamides is 1. The van der Waals surface area contributed by atoms with Gasteiger partial charge in [0, 0.05) is 24.0 Å². The molecule has 1 amide bonds. The normalized spacial score (nSPS) is 17.9. The van der Waals surface area contributed by atoms with Crippen LogP contribution in [0.3, 0.4) is 0 Å². The highest BCUT2D eigenvalue weighted by Gasteiger charge is 2.26. The van der Waals surface area contributed by atoms with E-state index in [1.54, 1.807) is 12.1 Å². The second kappa shape index (κ2) is 9.48. The zero-order chi connectivity index (χ0) is 19.2. The van der Waals surface area contributed by atoms with Gasteiger partial charge >= 0.3 is 5.97 Å². The molecule has 1 saturated heterocycles. The van der Waals surface area contributed by atoms with E-state index >= 15 is 0 Å². The lowest BCUT2D eigenvalue weighted by molar-refractivity contribution is -0.138. The Balaban J connectivity index is 1.81. The molecule has 2 heterocycles. The first kappa shape index (κ1) is 20.9. The van der Waals surface area contributed by atoms with Gasteiger partial charge in [0.2, 0.25) is 10.0 Å². The Bertz CT molecular complexity index is 729. The van der Waals surface area contributed by atoms with Crippen LogP contribution >= 0.6 is 11.3 Å². The maximum Gasteiger partial charge on any atom is 0.348 e. The summed E-state index contributed by atoms with van der Waals surface area (Å²) < 4.78 is 29.7. The fourth-order valence-electron chi connectivity index (χ4n) is 3.02. The summed E-state index contributed by atoms with van der Waals surface area (Å²) in [5.74, 6) is -0.658. The second-order valence-corrected chi connectivity index (χ2v) is 9.40. The number of carbonyl (C=O) groups excluding carboxylic acids is 2. The third kappa shape index (κ3) is 6.37. The summed E-state index contributed by atoms with van der Waals surface area (Å²) in [4.78, 5) is 27.6. The molecule has 1 aromatic rings. The summed E-state index contributed by atoms with van der Waals surface area (Å²) in [6.07, 6.45) is 5.64. The van der Waals surface area contributed by atoms with E-state index in [1.807, 2.05) is 4.90 Å². The van der Waals surface area contributed by atoms with Crippen molar-refractivity contribution >= 4 is 33.2 Å². The van der Waals surface area contributed by atoms with Crippen LogP contribution in [0.2, 0.25) is 0 Å². The predicted molar refractivity (Wildman–Crippen MR) is 101 cm³/mol. The lowest BCUT2D eigenvalue weighted by atomic mass is 10.00. The summed E-state index contributed by atoms with van der Waals surface area (Å²) in [6.45, 7) is 2.83. The van der Waals surface area contributed by atoms with Crippen molar-refractivity contribution in [2.45, 2.75) is 45.1 Å². The Morgan fingerprint density at radius 2 is 2.12 bits per heavy atom. The van der Waals surface area contributed by atoms with Crippen LogP contribution in [0.1, 0.15) is 47.2 Å². The number of rotatable bonds is 8. The molecule has 0 spiro atoms. The third-order valence-electron chi connectivity index (χ3n) is 4.34. The van der Waals surface area contributed by atoms with Gasteiger partial charge in [-0.25, -0.2) is 17.9 Å². The number of ether oxygens (including phenoxy) is 1. The number of hydrogen-bond donors (Lipinski definition) is 1. The molecule has 26 heavy (non-hydrogen) atoms. The van der Waals surface area contributed by atoms with E-state index < -0.39 is 16.0 Å². The number of carbonyl (C=O) groups is 2. The van der Waals surface area contributed by atoms with Crippen LogP contribution in [-0.4, -0.2) is 57.2 Å². The number of nitrogens with one attached hydrogen (secondary N) is 1. The SMILES string of the molecule is CCC1CCCCN1C(=O)COC(=O)c1ccc(CCNS(C)(=O)=O)s1. The van der Waals surface area contributed by atoms with E-state index in [1.165, 1.54) is 11.3 Å². The van der Waals surface area contributed by atoms with Crippen molar-refractivity contribution in [3.05, 3.63) is 21.9 Å². The van der Waals surface area contributed by atoms with Gasteiger partial charge in [0.1, 0.15) is 4.88 Å². The Morgan fingerprint density at radius 1 is 1.35 bits per heavy atom. The van der Waals surface area contributed by atoms with Crippen LogP contribution < -0.4 is 4.72 Å². The molecule has 0 aromatic carbocycles. The summed E-state index contributed by atoms with van der Waals surface area (Å²) in [6, 6.07) is 3.65. The zero-order valence-corrected chi connectivity index (χ0v) is 16.8. The van der Waals surface area contributed by atoms with E-state index in [4.69, 9.17) is 4.74 Å². The standard InChI is InChI=1S/C17H26N2O5S2/c1-3-13-6-4-5-11-19(13)16(20)12-24-17(21)15-8-7-14(25-15)9-10-18-26(2,22)23/h7-8,13,18H,3-6,9-12H2,1-2H3. The molecule has 1 fully saturated rings. The van der Waals surface area contributed by atoms with Gasteiger partial charge in [-0.2, -0.15) is 0 Å². The monoisotopic (exact) mass is 402 g/mol. The van der Waals surface area contributed by atoms with Crippen LogP contribution in [0.5, 0.6) is 0 Å². The van der Waals surface area contributed by atoms with E-state index in [0.717, 1.165) is 43.4 Å². The maximum atomic E-state index is 12.3. The molecule has 0 bridgehead atoms. The molecule has 1 aliphatic heterocycles. The van der Waals surface area contributed by atoms with Crippen LogP contribution in [0.4, 0.5) is 0 Å². The molecular weight excluding hydrogens is 376 g/mol. The van der Waals surface area contributed by atoms with Gasteiger partial charge in [-0.15, -0.1) is 11.3 Å². The number of nitrogens with zero attached hydrogens (tertiary/aromatic N) is 1. The summed E-state index contributed by atoms with van der Waals surface area (Å²) >= 11 is 1.25. The quantitative estimate of drug-likeness (QED) is 0.669. The summed E-state index contributed by atoms with van der Waals surface area (Å²) in [7, 11) is -3.22. The highest BCUT2D eigenvalue weighted by molar-refractivity contribution is 7.88. The van der Waals surface area contributed by atoms with E-state index in [-0.39, 0.29) is 25.1 Å². The molecule has 0 aliphatic carbocycles. The number of esters is 1. The zero-order valence-electron chi connectivity index (χ0n) is 15.2.